The quantitative estimate of drug-likeness (QED) is 0.604. The van der Waals surface area contributed by atoms with E-state index < -0.39 is 0 Å². The number of aryl methyl sites for hydroxylation is 1. The number of fused-ring (bicyclic) bond motifs is 3. The van der Waals surface area contributed by atoms with Gasteiger partial charge < -0.3 is 4.57 Å². The van der Waals surface area contributed by atoms with Crippen molar-refractivity contribution in [2.75, 3.05) is 0 Å². The highest BCUT2D eigenvalue weighted by molar-refractivity contribution is 6.09. The average Bonchev–Trinajstić information content (AvgIpc) is 3.12. The van der Waals surface area contributed by atoms with Crippen LogP contribution in [0.5, 0.6) is 0 Å². The van der Waals surface area contributed by atoms with E-state index in [4.69, 9.17) is 0 Å². The molecule has 4 rings (SSSR count). The summed E-state index contributed by atoms with van der Waals surface area (Å²) in [5.41, 5.74) is 3.47. The minimum atomic E-state index is 0.625. The van der Waals surface area contributed by atoms with Crippen LogP contribution in [0.2, 0.25) is 0 Å². The van der Waals surface area contributed by atoms with Gasteiger partial charge in [0.25, 0.3) is 0 Å². The van der Waals surface area contributed by atoms with Crippen molar-refractivity contribution in [1.29, 1.82) is 0 Å². The van der Waals surface area contributed by atoms with Crippen LogP contribution in [0.25, 0.3) is 33.2 Å². The Labute approximate surface area is 115 Å². The number of hydrogen-bond acceptors (Lipinski definition) is 3. The lowest BCUT2D eigenvalue weighted by Crippen LogP contribution is -1.92. The van der Waals surface area contributed by atoms with E-state index in [1.165, 1.54) is 21.8 Å². The van der Waals surface area contributed by atoms with E-state index in [9.17, 15) is 0 Å². The van der Waals surface area contributed by atoms with Gasteiger partial charge in [-0.1, -0.05) is 18.2 Å². The molecule has 2 heterocycles. The Hall–Kier alpha value is -2.69. The third kappa shape index (κ3) is 1.46. The number of para-hydroxylation sites is 1. The molecule has 0 atom stereocenters. The average molecular weight is 263 g/mol. The second-order valence-corrected chi connectivity index (χ2v) is 4.73. The maximum absolute atomic E-state index is 4.05. The zero-order valence-electron chi connectivity index (χ0n) is 11.0. The smallest absolute Gasteiger partial charge is 0.204 e. The van der Waals surface area contributed by atoms with E-state index in [0.29, 0.717) is 5.82 Å². The topological polar surface area (TPSA) is 59.4 Å². The molecular weight excluding hydrogens is 250 g/mol. The SMILES string of the molecule is CCn1c2ccccc2c2cc(-c3nn[nH]n3)ccc21. The van der Waals surface area contributed by atoms with Crippen LogP contribution in [0.1, 0.15) is 6.92 Å². The van der Waals surface area contributed by atoms with E-state index in [1.54, 1.807) is 0 Å². The highest BCUT2D eigenvalue weighted by Crippen LogP contribution is 2.31. The lowest BCUT2D eigenvalue weighted by atomic mass is 10.1. The first kappa shape index (κ1) is 11.2. The molecule has 0 unspecified atom stereocenters. The number of nitrogens with zero attached hydrogens (tertiary/aromatic N) is 4. The standard InChI is InChI=1S/C15H13N5/c1-2-20-13-6-4-3-5-11(13)12-9-10(7-8-14(12)20)15-16-18-19-17-15/h3-9H,2H2,1H3,(H,16,17,18,19). The van der Waals surface area contributed by atoms with Crippen molar-refractivity contribution in [2.45, 2.75) is 13.5 Å². The first-order valence-corrected chi connectivity index (χ1v) is 6.63. The summed E-state index contributed by atoms with van der Waals surface area (Å²) in [6.45, 7) is 3.12. The van der Waals surface area contributed by atoms with Crippen molar-refractivity contribution >= 4 is 21.8 Å². The maximum Gasteiger partial charge on any atom is 0.204 e. The Bertz CT molecular complexity index is 889. The summed E-state index contributed by atoms with van der Waals surface area (Å²) in [5.74, 6) is 0.625. The van der Waals surface area contributed by atoms with Crippen molar-refractivity contribution < 1.29 is 0 Å². The summed E-state index contributed by atoms with van der Waals surface area (Å²) in [7, 11) is 0. The predicted molar refractivity (Wildman–Crippen MR) is 78.3 cm³/mol. The molecule has 0 fully saturated rings. The molecule has 0 amide bonds. The Morgan fingerprint density at radius 2 is 1.90 bits per heavy atom. The first-order valence-electron chi connectivity index (χ1n) is 6.63. The van der Waals surface area contributed by atoms with Crippen LogP contribution in [0.15, 0.2) is 42.5 Å². The summed E-state index contributed by atoms with van der Waals surface area (Å²) in [6.07, 6.45) is 0. The molecule has 2 aromatic heterocycles. The zero-order valence-corrected chi connectivity index (χ0v) is 11.0. The molecule has 0 saturated carbocycles. The van der Waals surface area contributed by atoms with Gasteiger partial charge in [-0.15, -0.1) is 10.2 Å². The first-order chi connectivity index (χ1) is 9.88. The molecule has 4 aromatic rings. The van der Waals surface area contributed by atoms with Gasteiger partial charge in [-0.3, -0.25) is 0 Å². The fourth-order valence-electron chi connectivity index (χ4n) is 2.82. The minimum absolute atomic E-state index is 0.625. The Morgan fingerprint density at radius 1 is 1.05 bits per heavy atom. The number of aromatic amines is 1. The lowest BCUT2D eigenvalue weighted by Gasteiger charge is -2.02. The minimum Gasteiger partial charge on any atom is -0.341 e. The van der Waals surface area contributed by atoms with Gasteiger partial charge in [0, 0.05) is 33.9 Å². The van der Waals surface area contributed by atoms with Gasteiger partial charge >= 0.3 is 0 Å². The second-order valence-electron chi connectivity index (χ2n) is 4.73. The fraction of sp³-hybridized carbons (Fsp3) is 0.133. The molecule has 0 aliphatic carbocycles. The Balaban J connectivity index is 2.10. The van der Waals surface area contributed by atoms with Crippen LogP contribution in [0, 0.1) is 0 Å². The molecule has 2 aromatic carbocycles. The van der Waals surface area contributed by atoms with E-state index in [2.05, 4.69) is 68.5 Å². The highest BCUT2D eigenvalue weighted by atomic mass is 15.5. The zero-order chi connectivity index (χ0) is 13.5. The molecule has 0 bridgehead atoms. The number of H-pyrrole nitrogens is 1. The number of rotatable bonds is 2. The molecule has 0 aliphatic rings. The van der Waals surface area contributed by atoms with E-state index in [0.717, 1.165) is 12.1 Å². The normalized spacial score (nSPS) is 11.4. The predicted octanol–water partition coefficient (Wildman–Crippen LogP) is 2.99. The molecule has 0 spiro atoms. The third-order valence-electron chi connectivity index (χ3n) is 3.69. The number of benzene rings is 2. The highest BCUT2D eigenvalue weighted by Gasteiger charge is 2.11. The largest absolute Gasteiger partial charge is 0.341 e. The second kappa shape index (κ2) is 4.16. The molecule has 1 N–H and O–H groups in total. The van der Waals surface area contributed by atoms with E-state index >= 15 is 0 Å². The van der Waals surface area contributed by atoms with E-state index in [-0.39, 0.29) is 0 Å². The summed E-state index contributed by atoms with van der Waals surface area (Å²) in [4.78, 5) is 0. The molecule has 5 nitrogen and oxygen atoms in total. The van der Waals surface area contributed by atoms with Crippen LogP contribution >= 0.6 is 0 Å². The van der Waals surface area contributed by atoms with Gasteiger partial charge in [0.1, 0.15) is 0 Å². The van der Waals surface area contributed by atoms with Gasteiger partial charge in [-0.2, -0.15) is 5.21 Å². The molecular formula is C15H13N5. The lowest BCUT2D eigenvalue weighted by molar-refractivity contribution is 0.827. The van der Waals surface area contributed by atoms with Gasteiger partial charge in [0.15, 0.2) is 0 Å². The monoisotopic (exact) mass is 263 g/mol. The molecule has 5 heteroatoms. The summed E-state index contributed by atoms with van der Waals surface area (Å²) in [6, 6.07) is 14.8. The van der Waals surface area contributed by atoms with Crippen LogP contribution in [0.4, 0.5) is 0 Å². The Kier molecular flexibility index (Phi) is 2.32. The third-order valence-corrected chi connectivity index (χ3v) is 3.69. The van der Waals surface area contributed by atoms with Gasteiger partial charge in [-0.05, 0) is 36.4 Å². The molecule has 20 heavy (non-hydrogen) atoms. The van der Waals surface area contributed by atoms with Crippen molar-refractivity contribution in [3.05, 3.63) is 42.5 Å². The van der Waals surface area contributed by atoms with Crippen molar-refractivity contribution in [3.8, 4) is 11.4 Å². The molecule has 0 aliphatic heterocycles. The fourth-order valence-corrected chi connectivity index (χ4v) is 2.82. The van der Waals surface area contributed by atoms with Crippen LogP contribution < -0.4 is 0 Å². The van der Waals surface area contributed by atoms with Crippen LogP contribution in [0.3, 0.4) is 0 Å². The molecule has 98 valence electrons. The summed E-state index contributed by atoms with van der Waals surface area (Å²) >= 11 is 0. The van der Waals surface area contributed by atoms with Gasteiger partial charge in [0.2, 0.25) is 5.82 Å². The molecule has 0 saturated heterocycles. The van der Waals surface area contributed by atoms with E-state index in [1.807, 2.05) is 6.07 Å². The van der Waals surface area contributed by atoms with Crippen LogP contribution in [-0.4, -0.2) is 25.2 Å². The van der Waals surface area contributed by atoms with Crippen molar-refractivity contribution in [3.63, 3.8) is 0 Å². The van der Waals surface area contributed by atoms with Gasteiger partial charge in [-0.25, -0.2) is 0 Å². The summed E-state index contributed by atoms with van der Waals surface area (Å²) < 4.78 is 2.32. The Morgan fingerprint density at radius 3 is 2.70 bits per heavy atom. The number of tetrazole rings is 1. The number of aromatic nitrogens is 5. The maximum atomic E-state index is 4.05. The van der Waals surface area contributed by atoms with Gasteiger partial charge in [0.05, 0.1) is 0 Å². The van der Waals surface area contributed by atoms with Crippen molar-refractivity contribution in [2.24, 2.45) is 0 Å². The molecule has 0 radical (unpaired) electrons. The van der Waals surface area contributed by atoms with Crippen molar-refractivity contribution in [1.82, 2.24) is 25.2 Å². The number of hydrogen-bond donors (Lipinski definition) is 1. The summed E-state index contributed by atoms with van der Waals surface area (Å²) in [5, 5.41) is 16.7. The number of nitrogens with one attached hydrogen (secondary N) is 1. The van der Waals surface area contributed by atoms with Crippen LogP contribution in [-0.2, 0) is 6.54 Å².